The Bertz CT molecular complexity index is 2510. The average Bonchev–Trinajstić information content (AvgIpc) is 3.84. The van der Waals surface area contributed by atoms with E-state index < -0.39 is 34.6 Å². The van der Waals surface area contributed by atoms with Crippen LogP contribution in [0.4, 0.5) is 26.0 Å². The first kappa shape index (κ1) is 36.7. The van der Waals surface area contributed by atoms with Gasteiger partial charge in [0, 0.05) is 43.0 Å². The summed E-state index contributed by atoms with van der Waals surface area (Å²) in [5.41, 5.74) is 11.3. The van der Waals surface area contributed by atoms with Gasteiger partial charge < -0.3 is 31.5 Å². The number of halogens is 2. The monoisotopic (exact) mass is 782 g/mol. The number of amides is 2. The Morgan fingerprint density at radius 2 is 1.80 bits per heavy atom. The molecule has 0 spiro atoms. The van der Waals surface area contributed by atoms with Crippen LogP contribution in [0.25, 0.3) is 16.0 Å². The van der Waals surface area contributed by atoms with E-state index in [2.05, 4.69) is 25.3 Å². The van der Waals surface area contributed by atoms with E-state index in [1.165, 1.54) is 28.0 Å². The summed E-state index contributed by atoms with van der Waals surface area (Å²) in [6.07, 6.45) is 3.53. The van der Waals surface area contributed by atoms with Gasteiger partial charge in [0.15, 0.2) is 5.82 Å². The summed E-state index contributed by atoms with van der Waals surface area (Å²) >= 11 is 0.865. The van der Waals surface area contributed by atoms with Crippen molar-refractivity contribution >= 4 is 50.7 Å². The molecule has 3 aromatic heterocycles. The van der Waals surface area contributed by atoms with Crippen LogP contribution in [-0.4, -0.2) is 85.0 Å². The second-order valence-corrected chi connectivity index (χ2v) is 14.7. The fourth-order valence-corrected chi connectivity index (χ4v) is 8.47. The number of hydrogen-bond acceptors (Lipinski definition) is 12. The number of nitrogen functional groups attached to an aromatic ring is 1. The maximum absolute atomic E-state index is 15.0. The number of thiophene rings is 1. The number of para-hydroxylation sites is 1. The van der Waals surface area contributed by atoms with Crippen molar-refractivity contribution in [2.75, 3.05) is 43.4 Å². The zero-order valence-corrected chi connectivity index (χ0v) is 30.6. The van der Waals surface area contributed by atoms with Gasteiger partial charge in [-0.05, 0) is 49.2 Å². The third-order valence-corrected chi connectivity index (χ3v) is 11.1. The molecule has 18 heteroatoms. The molecule has 3 aromatic carbocycles. The number of likely N-dealkylation sites (tertiary alicyclic amines) is 1. The number of aromatic nitrogens is 5. The number of piperidine rings is 1. The smallest absolute Gasteiger partial charge is 0.298 e. The quantitative estimate of drug-likeness (QED) is 0.159. The Balaban J connectivity index is 1.08. The first-order chi connectivity index (χ1) is 27.0. The van der Waals surface area contributed by atoms with E-state index in [1.807, 2.05) is 35.2 Å². The van der Waals surface area contributed by atoms with Crippen molar-refractivity contribution < 1.29 is 28.2 Å². The summed E-state index contributed by atoms with van der Waals surface area (Å²) < 4.78 is 37.4. The number of rotatable bonds is 10. The molecule has 1 fully saturated rings. The Morgan fingerprint density at radius 1 is 1.02 bits per heavy atom. The lowest BCUT2D eigenvalue weighted by Gasteiger charge is -2.38. The first-order valence-electron chi connectivity index (χ1n) is 17.8. The molecule has 8 rings (SSSR count). The number of nitrogens with one attached hydrogen (secondary N) is 1. The van der Waals surface area contributed by atoms with Gasteiger partial charge in [-0.15, -0.1) is 11.3 Å². The van der Waals surface area contributed by atoms with Crippen LogP contribution in [-0.2, 0) is 12.1 Å². The van der Waals surface area contributed by atoms with E-state index in [4.69, 9.17) is 16.2 Å². The third kappa shape index (κ3) is 6.93. The number of carbonyl (C=O) groups excluding carboxylic acids is 2. The van der Waals surface area contributed by atoms with Gasteiger partial charge in [-0.1, -0.05) is 24.3 Å². The Kier molecular flexibility index (Phi) is 9.69. The molecule has 2 aliphatic rings. The van der Waals surface area contributed by atoms with E-state index in [0.29, 0.717) is 56.2 Å². The Morgan fingerprint density at radius 3 is 2.52 bits per heavy atom. The molecule has 2 aliphatic heterocycles. The second kappa shape index (κ2) is 14.8. The summed E-state index contributed by atoms with van der Waals surface area (Å²) in [6.45, 7) is 1.60. The molecule has 0 bridgehead atoms. The number of anilines is 3. The van der Waals surface area contributed by atoms with Gasteiger partial charge in [0.2, 0.25) is 0 Å². The minimum Gasteiger partial charge on any atom is -0.490 e. The third-order valence-electron chi connectivity index (χ3n) is 10.0. The van der Waals surface area contributed by atoms with E-state index in [-0.39, 0.29) is 51.3 Å². The van der Waals surface area contributed by atoms with Crippen molar-refractivity contribution in [3.63, 3.8) is 0 Å². The van der Waals surface area contributed by atoms with Gasteiger partial charge >= 0.3 is 0 Å². The number of β-amino-alcohol motifs (C(OH)–C–C–N with tert-alkyl or cyclic N) is 1. The molecule has 2 amide bonds. The van der Waals surface area contributed by atoms with Gasteiger partial charge in [0.25, 0.3) is 17.4 Å². The van der Waals surface area contributed by atoms with Crippen LogP contribution in [0.5, 0.6) is 5.75 Å². The highest BCUT2D eigenvalue weighted by atomic mass is 32.1. The molecule has 1 atom stereocenters. The lowest BCUT2D eigenvalue weighted by Crippen LogP contribution is -2.50. The molecule has 15 nitrogen and oxygen atoms in total. The summed E-state index contributed by atoms with van der Waals surface area (Å²) in [4.78, 5) is 53.2. The van der Waals surface area contributed by atoms with Gasteiger partial charge in [-0.3, -0.25) is 23.9 Å². The van der Waals surface area contributed by atoms with Crippen LogP contribution in [0, 0.1) is 11.6 Å². The fraction of sp³-hybridized carbons (Fsp3) is 0.263. The molecular weight excluding hydrogens is 747 g/mol. The van der Waals surface area contributed by atoms with Crippen LogP contribution in [0.1, 0.15) is 38.4 Å². The standard InChI is InChI=1S/C38H36F2N10O5S/c39-22-6-8-26(27(40)16-22)38(54,19-48-21-43-20-44-48)18-47-12-10-23(11-13-47)45-35(52)30-31-36(56-32(30)34(42)51)46-33(41)37(53)50(31)25-7-9-29-28(17-25)49(14-15-55-29)24-4-2-1-3-5-24/h1-9,16-17,20-21,23,54H,10-15,18-19H2,(H2,41,46)(H2,42,51)(H,45,52). The van der Waals surface area contributed by atoms with Gasteiger partial charge in [-0.2, -0.15) is 5.10 Å². The fourth-order valence-electron chi connectivity index (χ4n) is 7.45. The van der Waals surface area contributed by atoms with E-state index >= 15 is 4.39 Å². The Labute approximate surface area is 321 Å². The predicted octanol–water partition coefficient (Wildman–Crippen LogP) is 3.31. The van der Waals surface area contributed by atoms with E-state index in [0.717, 1.165) is 29.2 Å². The number of fused-ring (bicyclic) bond motifs is 2. The number of benzene rings is 3. The number of ether oxygens (including phenoxy) is 1. The van der Waals surface area contributed by atoms with E-state index in [1.54, 1.807) is 18.2 Å². The first-order valence-corrected chi connectivity index (χ1v) is 18.6. The number of hydrogen-bond donors (Lipinski definition) is 4. The van der Waals surface area contributed by atoms with Crippen LogP contribution in [0.2, 0.25) is 0 Å². The zero-order valence-electron chi connectivity index (χ0n) is 29.8. The SMILES string of the molecule is NC(=O)c1sc2nc(N)c(=O)n(-c3ccc4c(c3)N(c3ccccc3)CCO4)c2c1C(=O)NC1CCN(CC(O)(Cn2cncn2)c2ccc(F)cc2F)CC1. The molecular formula is C38H36F2N10O5S. The summed E-state index contributed by atoms with van der Waals surface area (Å²) in [7, 11) is 0. The normalized spacial score (nSPS) is 15.9. The Hall–Kier alpha value is -6.24. The minimum atomic E-state index is -1.80. The maximum atomic E-state index is 15.0. The molecule has 6 N–H and O–H groups in total. The van der Waals surface area contributed by atoms with Crippen LogP contribution >= 0.6 is 11.3 Å². The summed E-state index contributed by atoms with van der Waals surface area (Å²) in [5.74, 6) is -2.90. The van der Waals surface area contributed by atoms with Gasteiger partial charge in [-0.25, -0.2) is 23.4 Å². The molecule has 0 radical (unpaired) electrons. The molecule has 1 saturated heterocycles. The number of primary amides is 1. The highest BCUT2D eigenvalue weighted by Gasteiger charge is 2.37. The van der Waals surface area contributed by atoms with Crippen molar-refractivity contribution in [2.45, 2.75) is 31.0 Å². The van der Waals surface area contributed by atoms with Crippen molar-refractivity contribution in [2.24, 2.45) is 5.73 Å². The van der Waals surface area contributed by atoms with Crippen molar-refractivity contribution in [1.82, 2.24) is 34.5 Å². The molecule has 1 unspecified atom stereocenters. The molecule has 56 heavy (non-hydrogen) atoms. The van der Waals surface area contributed by atoms with Crippen molar-refractivity contribution in [3.05, 3.63) is 117 Å². The van der Waals surface area contributed by atoms with Gasteiger partial charge in [0.05, 0.1) is 35.5 Å². The largest absolute Gasteiger partial charge is 0.490 e. The van der Waals surface area contributed by atoms with Crippen molar-refractivity contribution in [1.29, 1.82) is 0 Å². The number of aliphatic hydroxyl groups is 1. The predicted molar refractivity (Wildman–Crippen MR) is 204 cm³/mol. The number of nitrogens with two attached hydrogens (primary N) is 2. The van der Waals surface area contributed by atoms with Crippen molar-refractivity contribution in [3.8, 4) is 11.4 Å². The zero-order chi connectivity index (χ0) is 39.1. The highest BCUT2D eigenvalue weighted by molar-refractivity contribution is 7.20. The lowest BCUT2D eigenvalue weighted by molar-refractivity contribution is -0.0271. The molecule has 288 valence electrons. The molecule has 6 aromatic rings. The van der Waals surface area contributed by atoms with Crippen LogP contribution < -0.4 is 32.0 Å². The number of nitrogens with zero attached hydrogens (tertiary/aromatic N) is 7. The molecule has 0 saturated carbocycles. The maximum Gasteiger partial charge on any atom is 0.298 e. The van der Waals surface area contributed by atoms with Crippen LogP contribution in [0.15, 0.2) is 84.2 Å². The van der Waals surface area contributed by atoms with E-state index in [9.17, 15) is 23.9 Å². The average molecular weight is 783 g/mol. The topological polar surface area (TPSA) is 200 Å². The summed E-state index contributed by atoms with van der Waals surface area (Å²) in [5, 5.41) is 18.9. The minimum absolute atomic E-state index is 0.0239. The lowest BCUT2D eigenvalue weighted by atomic mass is 9.91. The molecule has 0 aliphatic carbocycles. The highest BCUT2D eigenvalue weighted by Crippen LogP contribution is 2.39. The van der Waals surface area contributed by atoms with Gasteiger partial charge in [0.1, 0.15) is 52.0 Å². The summed E-state index contributed by atoms with van der Waals surface area (Å²) in [6, 6.07) is 17.5. The molecule has 5 heterocycles. The number of carbonyl (C=O) groups is 2. The van der Waals surface area contributed by atoms with Crippen LogP contribution in [0.3, 0.4) is 0 Å². The second-order valence-electron chi connectivity index (χ2n) is 13.7.